The minimum Gasteiger partial charge on any atom is -0.479 e. The summed E-state index contributed by atoms with van der Waals surface area (Å²) in [7, 11) is 1.30. The maximum atomic E-state index is 13.5. The zero-order valence-corrected chi connectivity index (χ0v) is 10.2. The molecule has 0 aliphatic heterocycles. The molecule has 0 saturated heterocycles. The lowest BCUT2D eigenvalue weighted by Gasteiger charge is -2.32. The number of rotatable bonds is 2. The first kappa shape index (κ1) is 13.2. The molecular formula is C11H15FN2O3. The molecule has 5 nitrogen and oxygen atoms in total. The smallest absolute Gasteiger partial charge is 0.412 e. The van der Waals surface area contributed by atoms with Gasteiger partial charge in [-0.05, 0) is 20.8 Å². The van der Waals surface area contributed by atoms with E-state index in [1.165, 1.54) is 13.3 Å². The Hall–Kier alpha value is -1.85. The summed E-state index contributed by atoms with van der Waals surface area (Å²) in [5.41, 5.74) is -0.516. The van der Waals surface area contributed by atoms with E-state index in [0.29, 0.717) is 0 Å². The number of aromatic nitrogens is 1. The largest absolute Gasteiger partial charge is 0.479 e. The number of nitrogens with zero attached hydrogens (tertiary/aromatic N) is 2. The molecule has 17 heavy (non-hydrogen) atoms. The van der Waals surface area contributed by atoms with Gasteiger partial charge in [0.1, 0.15) is 0 Å². The zero-order valence-electron chi connectivity index (χ0n) is 10.2. The van der Waals surface area contributed by atoms with Gasteiger partial charge in [-0.15, -0.1) is 0 Å². The van der Waals surface area contributed by atoms with Crippen LogP contribution in [0.3, 0.4) is 0 Å². The van der Waals surface area contributed by atoms with E-state index in [2.05, 4.69) is 9.72 Å². The quantitative estimate of drug-likeness (QED) is 0.865. The number of ether oxygens (including phenoxy) is 1. The number of amides is 1. The van der Waals surface area contributed by atoms with E-state index in [9.17, 15) is 9.18 Å². The van der Waals surface area contributed by atoms with E-state index in [1.54, 1.807) is 20.8 Å². The van der Waals surface area contributed by atoms with Gasteiger partial charge in [0.15, 0.2) is 5.82 Å². The molecule has 0 atom stereocenters. The lowest BCUT2D eigenvalue weighted by molar-refractivity contribution is 0.195. The van der Waals surface area contributed by atoms with Gasteiger partial charge in [-0.2, -0.15) is 0 Å². The molecule has 0 fully saturated rings. The molecule has 0 bridgehead atoms. The molecular weight excluding hydrogens is 227 g/mol. The highest BCUT2D eigenvalue weighted by atomic mass is 19.1. The predicted octanol–water partition coefficient (Wildman–Crippen LogP) is 2.51. The second-order valence-electron chi connectivity index (χ2n) is 4.47. The van der Waals surface area contributed by atoms with Crippen molar-refractivity contribution < 1.29 is 19.0 Å². The molecule has 0 aromatic carbocycles. The van der Waals surface area contributed by atoms with Crippen molar-refractivity contribution in [2.45, 2.75) is 26.3 Å². The number of pyridine rings is 1. The average molecular weight is 242 g/mol. The van der Waals surface area contributed by atoms with Crippen molar-refractivity contribution in [2.75, 3.05) is 12.0 Å². The topological polar surface area (TPSA) is 62.7 Å². The highest BCUT2D eigenvalue weighted by Gasteiger charge is 2.28. The second-order valence-corrected chi connectivity index (χ2v) is 4.47. The van der Waals surface area contributed by atoms with Crippen LogP contribution in [0.15, 0.2) is 12.3 Å². The Balaban J connectivity index is 3.21. The van der Waals surface area contributed by atoms with Gasteiger partial charge in [-0.3, -0.25) is 4.90 Å². The summed E-state index contributed by atoms with van der Waals surface area (Å²) < 4.78 is 18.1. The van der Waals surface area contributed by atoms with Crippen LogP contribution in [0.1, 0.15) is 20.8 Å². The second kappa shape index (κ2) is 4.57. The Morgan fingerprint density at radius 1 is 1.53 bits per heavy atom. The highest BCUT2D eigenvalue weighted by molar-refractivity contribution is 5.87. The number of methoxy groups -OCH3 is 1. The summed E-state index contributed by atoms with van der Waals surface area (Å²) in [6, 6.07) is 1.09. The third-order valence-corrected chi connectivity index (χ3v) is 2.11. The first-order chi connectivity index (χ1) is 7.77. The Bertz CT molecular complexity index is 429. The van der Waals surface area contributed by atoms with Crippen LogP contribution in [-0.2, 0) is 0 Å². The number of halogens is 1. The van der Waals surface area contributed by atoms with Gasteiger partial charge in [0, 0.05) is 11.6 Å². The molecule has 0 saturated carbocycles. The summed E-state index contributed by atoms with van der Waals surface area (Å²) in [6.45, 7) is 5.13. The van der Waals surface area contributed by atoms with Crippen LogP contribution in [-0.4, -0.2) is 28.8 Å². The monoisotopic (exact) mass is 242 g/mol. The van der Waals surface area contributed by atoms with Crippen molar-refractivity contribution in [3.63, 3.8) is 0 Å². The fraction of sp³-hybridized carbons (Fsp3) is 0.455. The summed E-state index contributed by atoms with van der Waals surface area (Å²) in [4.78, 5) is 15.9. The van der Waals surface area contributed by atoms with E-state index >= 15 is 0 Å². The molecule has 94 valence electrons. The fourth-order valence-corrected chi connectivity index (χ4v) is 1.47. The lowest BCUT2D eigenvalue weighted by Crippen LogP contribution is -2.45. The van der Waals surface area contributed by atoms with Crippen molar-refractivity contribution in [1.82, 2.24) is 4.98 Å². The summed E-state index contributed by atoms with van der Waals surface area (Å²) in [6.07, 6.45) is 0.102. The molecule has 0 radical (unpaired) electrons. The van der Waals surface area contributed by atoms with E-state index < -0.39 is 17.4 Å². The molecule has 0 aliphatic carbocycles. The van der Waals surface area contributed by atoms with E-state index in [-0.39, 0.29) is 11.6 Å². The van der Waals surface area contributed by atoms with Crippen molar-refractivity contribution in [2.24, 2.45) is 0 Å². The van der Waals surface area contributed by atoms with Crippen LogP contribution < -0.4 is 9.64 Å². The fourth-order valence-electron chi connectivity index (χ4n) is 1.47. The van der Waals surface area contributed by atoms with Crippen LogP contribution >= 0.6 is 0 Å². The van der Waals surface area contributed by atoms with E-state index in [1.807, 2.05) is 0 Å². The molecule has 1 heterocycles. The van der Waals surface area contributed by atoms with Gasteiger partial charge in [-0.1, -0.05) is 0 Å². The predicted molar refractivity (Wildman–Crippen MR) is 61.0 cm³/mol. The molecule has 6 heteroatoms. The normalized spacial score (nSPS) is 11.1. The van der Waals surface area contributed by atoms with Crippen molar-refractivity contribution in [3.8, 4) is 5.88 Å². The average Bonchev–Trinajstić information content (AvgIpc) is 2.15. The van der Waals surface area contributed by atoms with E-state index in [4.69, 9.17) is 5.11 Å². The first-order valence-corrected chi connectivity index (χ1v) is 5.00. The molecule has 1 amide bonds. The van der Waals surface area contributed by atoms with Gasteiger partial charge >= 0.3 is 6.09 Å². The third kappa shape index (κ3) is 2.83. The SMILES string of the molecule is COc1ncc(N(C(=O)O)C(C)(C)C)cc1F. The van der Waals surface area contributed by atoms with Gasteiger partial charge in [0.25, 0.3) is 0 Å². The molecule has 0 unspecified atom stereocenters. The molecule has 0 spiro atoms. The zero-order chi connectivity index (χ0) is 13.2. The van der Waals surface area contributed by atoms with E-state index in [0.717, 1.165) is 11.0 Å². The minimum absolute atomic E-state index is 0.159. The number of carbonyl (C=O) groups is 1. The number of hydrogen-bond donors (Lipinski definition) is 1. The Labute approximate surface area is 98.8 Å². The molecule has 1 rings (SSSR count). The Kier molecular flexibility index (Phi) is 3.55. The highest BCUT2D eigenvalue weighted by Crippen LogP contribution is 2.26. The number of hydrogen-bond acceptors (Lipinski definition) is 3. The maximum absolute atomic E-state index is 13.5. The van der Waals surface area contributed by atoms with Gasteiger partial charge in [0.2, 0.25) is 5.88 Å². The van der Waals surface area contributed by atoms with Gasteiger partial charge in [-0.25, -0.2) is 14.2 Å². The van der Waals surface area contributed by atoms with Crippen LogP contribution in [0.4, 0.5) is 14.9 Å². The van der Waals surface area contributed by atoms with Crippen LogP contribution in [0.2, 0.25) is 0 Å². The summed E-state index contributed by atoms with van der Waals surface area (Å²) in [5, 5.41) is 9.12. The minimum atomic E-state index is -1.16. The molecule has 0 aliphatic rings. The van der Waals surface area contributed by atoms with Crippen LogP contribution in [0, 0.1) is 5.82 Å². The van der Waals surface area contributed by atoms with Gasteiger partial charge in [0.05, 0.1) is 19.0 Å². The Morgan fingerprint density at radius 3 is 2.47 bits per heavy atom. The summed E-state index contributed by atoms with van der Waals surface area (Å²) >= 11 is 0. The number of anilines is 1. The van der Waals surface area contributed by atoms with Gasteiger partial charge < -0.3 is 9.84 Å². The van der Waals surface area contributed by atoms with Crippen LogP contribution in [0.25, 0.3) is 0 Å². The molecule has 1 aromatic rings. The van der Waals surface area contributed by atoms with Crippen molar-refractivity contribution in [1.29, 1.82) is 0 Å². The Morgan fingerprint density at radius 2 is 2.12 bits per heavy atom. The standard InChI is InChI=1S/C11H15FN2O3/c1-11(2,3)14(10(15)16)7-5-8(12)9(17-4)13-6-7/h5-6H,1-4H3,(H,15,16). The van der Waals surface area contributed by atoms with Crippen LogP contribution in [0.5, 0.6) is 5.88 Å². The van der Waals surface area contributed by atoms with Crippen molar-refractivity contribution in [3.05, 3.63) is 18.1 Å². The number of carboxylic acid groups (broad SMARTS) is 1. The molecule has 1 aromatic heterocycles. The molecule has 1 N–H and O–H groups in total. The summed E-state index contributed by atoms with van der Waals surface area (Å²) in [5.74, 6) is -0.853. The van der Waals surface area contributed by atoms with Crippen molar-refractivity contribution >= 4 is 11.8 Å². The maximum Gasteiger partial charge on any atom is 0.412 e. The first-order valence-electron chi connectivity index (χ1n) is 5.00. The third-order valence-electron chi connectivity index (χ3n) is 2.11. The lowest BCUT2D eigenvalue weighted by atomic mass is 10.1.